The first-order valence-electron chi connectivity index (χ1n) is 11.3. The van der Waals surface area contributed by atoms with Gasteiger partial charge in [-0.25, -0.2) is 0 Å². The van der Waals surface area contributed by atoms with Gasteiger partial charge in [0.25, 0.3) is 0 Å². The molecule has 5 rings (SSSR count). The van der Waals surface area contributed by atoms with Crippen LogP contribution in [0.1, 0.15) is 48.7 Å². The highest BCUT2D eigenvalue weighted by atomic mass is 32.1. The summed E-state index contributed by atoms with van der Waals surface area (Å²) in [5.74, 6) is 2.24. The molecule has 2 aromatic heterocycles. The highest BCUT2D eigenvalue weighted by molar-refractivity contribution is 7.13. The Morgan fingerprint density at radius 1 is 1.31 bits per heavy atom. The van der Waals surface area contributed by atoms with Gasteiger partial charge in [0, 0.05) is 6.54 Å². The van der Waals surface area contributed by atoms with Crippen LogP contribution in [0.15, 0.2) is 40.2 Å². The molecule has 1 fully saturated rings. The molecule has 3 heterocycles. The van der Waals surface area contributed by atoms with Crippen molar-refractivity contribution in [3.8, 4) is 16.5 Å². The molecule has 2 aliphatic rings. The molecular formula is C24H28N4O3S. The number of carbonyl (C=O) groups excluding carboxylic acids is 1. The number of amides is 1. The van der Waals surface area contributed by atoms with E-state index in [0.29, 0.717) is 24.8 Å². The number of aromatic nitrogens is 2. The van der Waals surface area contributed by atoms with E-state index in [2.05, 4.69) is 32.5 Å². The second-order valence-corrected chi connectivity index (χ2v) is 9.53. The summed E-state index contributed by atoms with van der Waals surface area (Å²) in [7, 11) is 1.69. The zero-order chi connectivity index (χ0) is 21.9. The molecule has 2 atom stereocenters. The Bertz CT molecular complexity index is 1070. The van der Waals surface area contributed by atoms with Crippen molar-refractivity contribution in [1.29, 1.82) is 0 Å². The quantitative estimate of drug-likeness (QED) is 0.603. The smallest absolute Gasteiger partial charge is 0.241 e. The highest BCUT2D eigenvalue weighted by Crippen LogP contribution is 2.33. The molecular weight excluding hydrogens is 424 g/mol. The number of nitrogens with one attached hydrogen (secondary N) is 1. The molecule has 168 valence electrons. The van der Waals surface area contributed by atoms with Crippen LogP contribution in [-0.2, 0) is 17.8 Å². The fraction of sp³-hybridized carbons (Fsp3) is 0.458. The van der Waals surface area contributed by atoms with Crippen molar-refractivity contribution in [2.24, 2.45) is 5.92 Å². The number of aryl methyl sites for hydroxylation is 1. The summed E-state index contributed by atoms with van der Waals surface area (Å²) < 4.78 is 10.8. The summed E-state index contributed by atoms with van der Waals surface area (Å²) in [6.45, 7) is 2.23. The lowest BCUT2D eigenvalue weighted by Gasteiger charge is -2.33. The minimum Gasteiger partial charge on any atom is -0.497 e. The molecule has 1 aliphatic carbocycles. The number of hydrogen-bond donors (Lipinski definition) is 1. The number of piperidine rings is 1. The lowest BCUT2D eigenvalue weighted by molar-refractivity contribution is -0.127. The number of fused-ring (bicyclic) bond motifs is 1. The van der Waals surface area contributed by atoms with Crippen LogP contribution < -0.4 is 10.1 Å². The SMILES string of the molecule is COc1ccc2c(c1)CCCC2NC(=O)C1CCCN(Cc2nc(-c3cccs3)no2)C1. The van der Waals surface area contributed by atoms with Gasteiger partial charge in [0.1, 0.15) is 5.75 Å². The maximum absolute atomic E-state index is 13.1. The number of nitrogens with zero attached hydrogens (tertiary/aromatic N) is 3. The van der Waals surface area contributed by atoms with E-state index in [-0.39, 0.29) is 17.9 Å². The van der Waals surface area contributed by atoms with Crippen LogP contribution in [0.4, 0.5) is 0 Å². The monoisotopic (exact) mass is 452 g/mol. The molecule has 1 amide bonds. The molecule has 0 spiro atoms. The molecule has 1 aliphatic heterocycles. The van der Waals surface area contributed by atoms with Gasteiger partial charge in [-0.1, -0.05) is 17.3 Å². The van der Waals surface area contributed by atoms with Gasteiger partial charge in [0.15, 0.2) is 0 Å². The van der Waals surface area contributed by atoms with Crippen LogP contribution in [-0.4, -0.2) is 41.1 Å². The molecule has 1 N–H and O–H groups in total. The van der Waals surface area contributed by atoms with Crippen molar-refractivity contribution >= 4 is 17.2 Å². The summed E-state index contributed by atoms with van der Waals surface area (Å²) in [5.41, 5.74) is 2.51. The first kappa shape index (κ1) is 21.2. The highest BCUT2D eigenvalue weighted by Gasteiger charge is 2.30. The standard InChI is InChI=1S/C24H28N4O3S/c1-30-18-9-10-19-16(13-18)5-2-7-20(19)25-24(29)17-6-3-11-28(14-17)15-22-26-23(27-31-22)21-8-4-12-32-21/h4,8-10,12-13,17,20H,2-3,5-7,11,14-15H2,1H3,(H,25,29). The Balaban J connectivity index is 1.20. The van der Waals surface area contributed by atoms with Crippen LogP contribution in [0.3, 0.4) is 0 Å². The maximum Gasteiger partial charge on any atom is 0.241 e. The third-order valence-electron chi connectivity index (χ3n) is 6.43. The fourth-order valence-electron chi connectivity index (χ4n) is 4.79. The number of thiophene rings is 1. The average Bonchev–Trinajstić information content (AvgIpc) is 3.51. The summed E-state index contributed by atoms with van der Waals surface area (Å²) in [5, 5.41) is 9.43. The predicted molar refractivity (Wildman–Crippen MR) is 122 cm³/mol. The molecule has 1 aromatic carbocycles. The predicted octanol–water partition coefficient (Wildman–Crippen LogP) is 4.21. The molecule has 32 heavy (non-hydrogen) atoms. The Morgan fingerprint density at radius 2 is 2.25 bits per heavy atom. The third-order valence-corrected chi connectivity index (χ3v) is 7.29. The van der Waals surface area contributed by atoms with Crippen LogP contribution in [0.5, 0.6) is 5.75 Å². The molecule has 1 saturated heterocycles. The number of hydrogen-bond acceptors (Lipinski definition) is 7. The minimum absolute atomic E-state index is 0.0212. The van der Waals surface area contributed by atoms with Crippen LogP contribution in [0.25, 0.3) is 10.7 Å². The van der Waals surface area contributed by atoms with Gasteiger partial charge < -0.3 is 14.6 Å². The van der Waals surface area contributed by atoms with E-state index in [9.17, 15) is 4.79 Å². The first-order chi connectivity index (χ1) is 15.7. The van der Waals surface area contributed by atoms with Crippen LogP contribution in [0.2, 0.25) is 0 Å². The minimum atomic E-state index is -0.0212. The molecule has 0 bridgehead atoms. The first-order valence-corrected chi connectivity index (χ1v) is 12.1. The second-order valence-electron chi connectivity index (χ2n) is 8.58. The van der Waals surface area contributed by atoms with Crippen LogP contribution >= 0.6 is 11.3 Å². The van der Waals surface area contributed by atoms with Crippen molar-refractivity contribution in [3.63, 3.8) is 0 Å². The second kappa shape index (κ2) is 9.42. The summed E-state index contributed by atoms with van der Waals surface area (Å²) >= 11 is 1.59. The molecule has 7 nitrogen and oxygen atoms in total. The maximum atomic E-state index is 13.1. The Morgan fingerprint density at radius 3 is 3.09 bits per heavy atom. The topological polar surface area (TPSA) is 80.5 Å². The van der Waals surface area contributed by atoms with Gasteiger partial charge >= 0.3 is 0 Å². The van der Waals surface area contributed by atoms with E-state index in [4.69, 9.17) is 9.26 Å². The number of methoxy groups -OCH3 is 1. The number of likely N-dealkylation sites (tertiary alicyclic amines) is 1. The Hall–Kier alpha value is -2.71. The van der Waals surface area contributed by atoms with Gasteiger partial charge in [-0.15, -0.1) is 11.3 Å². The molecule has 3 aromatic rings. The van der Waals surface area contributed by atoms with Crippen molar-refractivity contribution in [3.05, 3.63) is 52.7 Å². The number of rotatable bonds is 6. The Labute approximate surface area is 191 Å². The van der Waals surface area contributed by atoms with E-state index in [0.717, 1.165) is 49.3 Å². The lowest BCUT2D eigenvalue weighted by atomic mass is 9.86. The van der Waals surface area contributed by atoms with E-state index in [1.54, 1.807) is 18.4 Å². The molecule has 0 saturated carbocycles. The van der Waals surface area contributed by atoms with Crippen molar-refractivity contribution in [2.45, 2.75) is 44.7 Å². The van der Waals surface area contributed by atoms with E-state index < -0.39 is 0 Å². The Kier molecular flexibility index (Phi) is 6.23. The van der Waals surface area contributed by atoms with E-state index in [1.807, 2.05) is 23.6 Å². The summed E-state index contributed by atoms with van der Waals surface area (Å²) in [6, 6.07) is 10.2. The lowest BCUT2D eigenvalue weighted by Crippen LogP contribution is -2.44. The zero-order valence-electron chi connectivity index (χ0n) is 18.3. The number of carbonyl (C=O) groups is 1. The van der Waals surface area contributed by atoms with Gasteiger partial charge in [0.2, 0.25) is 17.6 Å². The molecule has 2 unspecified atom stereocenters. The molecule has 0 radical (unpaired) electrons. The summed E-state index contributed by atoms with van der Waals surface area (Å²) in [6.07, 6.45) is 4.99. The summed E-state index contributed by atoms with van der Waals surface area (Å²) in [4.78, 5) is 20.9. The zero-order valence-corrected chi connectivity index (χ0v) is 19.1. The average molecular weight is 453 g/mol. The normalized spacial score (nSPS) is 21.2. The van der Waals surface area contributed by atoms with Crippen LogP contribution in [0, 0.1) is 5.92 Å². The van der Waals surface area contributed by atoms with E-state index in [1.165, 1.54) is 11.1 Å². The number of ether oxygens (including phenoxy) is 1. The van der Waals surface area contributed by atoms with Crippen molar-refractivity contribution in [2.75, 3.05) is 20.2 Å². The van der Waals surface area contributed by atoms with E-state index >= 15 is 0 Å². The largest absolute Gasteiger partial charge is 0.497 e. The third kappa shape index (κ3) is 4.56. The van der Waals surface area contributed by atoms with Gasteiger partial charge in [-0.2, -0.15) is 4.98 Å². The van der Waals surface area contributed by atoms with Gasteiger partial charge in [-0.05, 0) is 73.4 Å². The molecule has 8 heteroatoms. The van der Waals surface area contributed by atoms with Crippen molar-refractivity contribution < 1.29 is 14.1 Å². The van der Waals surface area contributed by atoms with Gasteiger partial charge in [-0.3, -0.25) is 9.69 Å². The van der Waals surface area contributed by atoms with Crippen molar-refractivity contribution in [1.82, 2.24) is 20.4 Å². The van der Waals surface area contributed by atoms with Gasteiger partial charge in [0.05, 0.1) is 30.5 Å². The fourth-order valence-corrected chi connectivity index (χ4v) is 5.44. The number of benzene rings is 1.